The first-order valence-electron chi connectivity index (χ1n) is 3.08. The Hall–Kier alpha value is 0.359. The van der Waals surface area contributed by atoms with Crippen LogP contribution in [0.3, 0.4) is 0 Å². The third-order valence-electron chi connectivity index (χ3n) is 0.955. The molecule has 0 radical (unpaired) electrons. The molecule has 5 heteroatoms. The standard InChI is InChI=1S/C5H14N2O2Se/c6-1-2-10-3-4(7)5(8)9/h4-5,8-9H,1-3,6-7H2. The van der Waals surface area contributed by atoms with Crippen LogP contribution in [0.1, 0.15) is 0 Å². The normalized spacial score (nSPS) is 14.1. The van der Waals surface area contributed by atoms with Crippen LogP contribution in [0.5, 0.6) is 0 Å². The number of aliphatic hydroxyl groups excluding tert-OH is 1. The van der Waals surface area contributed by atoms with Gasteiger partial charge in [-0.1, -0.05) is 0 Å². The second-order valence-electron chi connectivity index (χ2n) is 1.94. The minimum atomic E-state index is -1.38. The van der Waals surface area contributed by atoms with Crippen molar-refractivity contribution in [1.29, 1.82) is 0 Å². The molecule has 0 spiro atoms. The molecular formula is C5H14N2O2Se. The predicted molar refractivity (Wildman–Crippen MR) is 40.6 cm³/mol. The zero-order valence-electron chi connectivity index (χ0n) is 5.73. The van der Waals surface area contributed by atoms with Gasteiger partial charge in [0, 0.05) is 0 Å². The molecule has 0 amide bonds. The van der Waals surface area contributed by atoms with Gasteiger partial charge in [-0.05, 0) is 0 Å². The molecule has 0 saturated heterocycles. The Morgan fingerprint density at radius 3 is 2.40 bits per heavy atom. The quantitative estimate of drug-likeness (QED) is 0.244. The van der Waals surface area contributed by atoms with Gasteiger partial charge in [-0.25, -0.2) is 0 Å². The van der Waals surface area contributed by atoms with E-state index in [1.54, 1.807) is 0 Å². The van der Waals surface area contributed by atoms with Gasteiger partial charge in [-0.2, -0.15) is 0 Å². The van der Waals surface area contributed by atoms with Crippen LogP contribution in [-0.2, 0) is 0 Å². The van der Waals surface area contributed by atoms with Gasteiger partial charge in [0.1, 0.15) is 0 Å². The van der Waals surface area contributed by atoms with Gasteiger partial charge < -0.3 is 0 Å². The third kappa shape index (κ3) is 5.17. The summed E-state index contributed by atoms with van der Waals surface area (Å²) in [6.07, 6.45) is -1.38. The molecule has 10 heavy (non-hydrogen) atoms. The van der Waals surface area contributed by atoms with Crippen molar-refractivity contribution in [2.45, 2.75) is 23.0 Å². The molecule has 6 N–H and O–H groups in total. The molecule has 0 aromatic heterocycles. The van der Waals surface area contributed by atoms with E-state index in [0.29, 0.717) is 26.8 Å². The molecule has 0 aliphatic carbocycles. The van der Waals surface area contributed by atoms with Crippen molar-refractivity contribution in [3.8, 4) is 0 Å². The Balaban J connectivity index is 3.13. The molecule has 0 aliphatic heterocycles. The van der Waals surface area contributed by atoms with Crippen molar-refractivity contribution in [2.24, 2.45) is 11.5 Å². The number of hydrogen-bond acceptors (Lipinski definition) is 4. The summed E-state index contributed by atoms with van der Waals surface area (Å²) in [6, 6.07) is -0.494. The molecule has 0 aliphatic rings. The third-order valence-corrected chi connectivity index (χ3v) is 3.36. The SMILES string of the molecule is NCC[Se]CC(N)C(O)O. The van der Waals surface area contributed by atoms with Crippen LogP contribution in [0, 0.1) is 0 Å². The fourth-order valence-corrected chi connectivity index (χ4v) is 2.02. The molecule has 0 rings (SSSR count). The predicted octanol–water partition coefficient (Wildman–Crippen LogP) is -1.88. The number of nitrogens with two attached hydrogens (primary N) is 2. The van der Waals surface area contributed by atoms with Crippen molar-refractivity contribution in [3.63, 3.8) is 0 Å². The Morgan fingerprint density at radius 2 is 2.00 bits per heavy atom. The fourth-order valence-electron chi connectivity index (χ4n) is 0.389. The summed E-state index contributed by atoms with van der Waals surface area (Å²) in [7, 11) is 0. The summed E-state index contributed by atoms with van der Waals surface area (Å²) < 4.78 is 0. The Kier molecular flexibility index (Phi) is 6.31. The van der Waals surface area contributed by atoms with Gasteiger partial charge in [0.25, 0.3) is 0 Å². The molecule has 62 valence electrons. The molecule has 0 fully saturated rings. The van der Waals surface area contributed by atoms with Crippen LogP contribution in [0.25, 0.3) is 0 Å². The minimum absolute atomic E-state index is 0.359. The summed E-state index contributed by atoms with van der Waals surface area (Å²) in [5, 5.41) is 18.7. The fraction of sp³-hybridized carbons (Fsp3) is 1.00. The zero-order chi connectivity index (χ0) is 7.98. The van der Waals surface area contributed by atoms with E-state index >= 15 is 0 Å². The van der Waals surface area contributed by atoms with E-state index < -0.39 is 12.3 Å². The first-order valence-corrected chi connectivity index (χ1v) is 5.50. The topological polar surface area (TPSA) is 92.5 Å². The monoisotopic (exact) mass is 214 g/mol. The van der Waals surface area contributed by atoms with E-state index in [2.05, 4.69) is 0 Å². The summed E-state index contributed by atoms with van der Waals surface area (Å²) in [5.74, 6) is 0. The number of rotatable bonds is 5. The molecule has 1 atom stereocenters. The maximum absolute atomic E-state index is 8.53. The van der Waals surface area contributed by atoms with Crippen molar-refractivity contribution in [1.82, 2.24) is 0 Å². The van der Waals surface area contributed by atoms with Crippen LogP contribution in [0.4, 0.5) is 0 Å². The van der Waals surface area contributed by atoms with E-state index in [1.807, 2.05) is 0 Å². The van der Waals surface area contributed by atoms with Crippen LogP contribution in [0.2, 0.25) is 10.6 Å². The van der Waals surface area contributed by atoms with E-state index in [-0.39, 0.29) is 0 Å². The maximum atomic E-state index is 8.53. The molecule has 1 unspecified atom stereocenters. The van der Waals surface area contributed by atoms with E-state index in [0.717, 1.165) is 5.32 Å². The van der Waals surface area contributed by atoms with Crippen LogP contribution < -0.4 is 11.5 Å². The van der Waals surface area contributed by atoms with E-state index in [9.17, 15) is 0 Å². The second kappa shape index (κ2) is 6.09. The Morgan fingerprint density at radius 1 is 1.40 bits per heavy atom. The van der Waals surface area contributed by atoms with Gasteiger partial charge >= 0.3 is 66.2 Å². The summed E-state index contributed by atoms with van der Waals surface area (Å²) in [4.78, 5) is 0. The molecule has 0 aromatic rings. The molecular weight excluding hydrogens is 199 g/mol. The zero-order valence-corrected chi connectivity index (χ0v) is 7.45. The summed E-state index contributed by atoms with van der Waals surface area (Å²) in [5.41, 5.74) is 10.6. The molecule has 0 heterocycles. The van der Waals surface area contributed by atoms with Crippen LogP contribution in [0.15, 0.2) is 0 Å². The average Bonchev–Trinajstić information content (AvgIpc) is 1.88. The van der Waals surface area contributed by atoms with Crippen molar-refractivity contribution in [2.75, 3.05) is 6.54 Å². The van der Waals surface area contributed by atoms with Gasteiger partial charge in [0.2, 0.25) is 0 Å². The Labute approximate surface area is 66.7 Å². The van der Waals surface area contributed by atoms with Gasteiger partial charge in [-0.15, -0.1) is 0 Å². The van der Waals surface area contributed by atoms with E-state index in [4.69, 9.17) is 21.7 Å². The first kappa shape index (κ1) is 10.4. The summed E-state index contributed by atoms with van der Waals surface area (Å²) in [6.45, 7) is 0.661. The van der Waals surface area contributed by atoms with Crippen LogP contribution in [-0.4, -0.2) is 44.0 Å². The van der Waals surface area contributed by atoms with Gasteiger partial charge in [0.15, 0.2) is 0 Å². The van der Waals surface area contributed by atoms with Crippen LogP contribution >= 0.6 is 0 Å². The molecule has 0 bridgehead atoms. The summed E-state index contributed by atoms with van der Waals surface area (Å²) >= 11 is 0.359. The average molecular weight is 213 g/mol. The molecule has 0 saturated carbocycles. The van der Waals surface area contributed by atoms with E-state index in [1.165, 1.54) is 0 Å². The first-order chi connectivity index (χ1) is 4.68. The van der Waals surface area contributed by atoms with Crippen molar-refractivity contribution < 1.29 is 10.2 Å². The van der Waals surface area contributed by atoms with Crippen molar-refractivity contribution >= 4 is 15.0 Å². The molecule has 0 aromatic carbocycles. The number of aliphatic hydroxyl groups is 2. The van der Waals surface area contributed by atoms with Gasteiger partial charge in [-0.3, -0.25) is 0 Å². The van der Waals surface area contributed by atoms with Gasteiger partial charge in [0.05, 0.1) is 0 Å². The number of hydrogen-bond donors (Lipinski definition) is 4. The van der Waals surface area contributed by atoms with Crippen molar-refractivity contribution in [3.05, 3.63) is 0 Å². The second-order valence-corrected chi connectivity index (χ2v) is 4.35. The molecule has 4 nitrogen and oxygen atoms in total. The Bertz CT molecular complexity index is 82.0.